The van der Waals surface area contributed by atoms with Gasteiger partial charge in [-0.25, -0.2) is 4.79 Å². The van der Waals surface area contributed by atoms with Crippen LogP contribution in [0.4, 0.5) is 5.69 Å². The molecule has 1 aromatic carbocycles. The molecule has 0 aliphatic rings. The highest BCUT2D eigenvalue weighted by atomic mass is 16.5. The van der Waals surface area contributed by atoms with Crippen molar-refractivity contribution in [2.45, 2.75) is 13.8 Å². The average Bonchev–Trinajstić information content (AvgIpc) is 2.28. The number of nitrogens with one attached hydrogen (secondary N) is 1. The summed E-state index contributed by atoms with van der Waals surface area (Å²) in [6, 6.07) is 6.75. The Balaban J connectivity index is 2.31. The molecule has 0 aliphatic heterocycles. The molecule has 1 rings (SSSR count). The zero-order valence-electron chi connectivity index (χ0n) is 10.3. The fraction of sp³-hybridized carbons (Fsp3) is 0.462. The molecule has 0 spiro atoms. The van der Waals surface area contributed by atoms with Crippen molar-refractivity contribution in [3.8, 4) is 0 Å². The molecule has 0 saturated carbocycles. The van der Waals surface area contributed by atoms with E-state index in [0.717, 1.165) is 12.3 Å². The van der Waals surface area contributed by atoms with Crippen molar-refractivity contribution in [3.63, 3.8) is 0 Å². The summed E-state index contributed by atoms with van der Waals surface area (Å²) >= 11 is 0. The van der Waals surface area contributed by atoms with Crippen molar-refractivity contribution in [1.82, 2.24) is 0 Å². The maximum Gasteiger partial charge on any atom is 0.335 e. The lowest BCUT2D eigenvalue weighted by atomic mass is 10.2. The smallest absolute Gasteiger partial charge is 0.335 e. The lowest BCUT2D eigenvalue weighted by Crippen LogP contribution is -2.12. The van der Waals surface area contributed by atoms with E-state index in [4.69, 9.17) is 9.84 Å². The summed E-state index contributed by atoms with van der Waals surface area (Å²) in [5.74, 6) is -0.380. The van der Waals surface area contributed by atoms with Crippen LogP contribution in [0.3, 0.4) is 0 Å². The van der Waals surface area contributed by atoms with E-state index in [9.17, 15) is 4.79 Å². The van der Waals surface area contributed by atoms with Crippen LogP contribution >= 0.6 is 0 Å². The molecule has 0 amide bonds. The molecule has 0 aliphatic carbocycles. The summed E-state index contributed by atoms with van der Waals surface area (Å²) in [7, 11) is 0. The zero-order valence-corrected chi connectivity index (χ0v) is 10.3. The molecule has 1 aromatic rings. The molecule has 4 nitrogen and oxygen atoms in total. The quantitative estimate of drug-likeness (QED) is 0.715. The largest absolute Gasteiger partial charge is 0.478 e. The number of carboxylic acids is 1. The zero-order chi connectivity index (χ0) is 12.7. The molecule has 0 unspecified atom stereocenters. The normalized spacial score (nSPS) is 10.5. The first-order chi connectivity index (χ1) is 8.09. The first kappa shape index (κ1) is 13.5. The summed E-state index contributed by atoms with van der Waals surface area (Å²) < 4.78 is 5.42. The third-order valence-corrected chi connectivity index (χ3v) is 2.14. The molecule has 0 fully saturated rings. The van der Waals surface area contributed by atoms with Crippen molar-refractivity contribution in [2.24, 2.45) is 5.92 Å². The van der Waals surface area contributed by atoms with Gasteiger partial charge in [-0.15, -0.1) is 0 Å². The molecule has 4 heteroatoms. The van der Waals surface area contributed by atoms with E-state index in [-0.39, 0.29) is 5.56 Å². The number of anilines is 1. The predicted octanol–water partition coefficient (Wildman–Crippen LogP) is 2.47. The first-order valence-electron chi connectivity index (χ1n) is 5.74. The van der Waals surface area contributed by atoms with E-state index in [1.165, 1.54) is 0 Å². The van der Waals surface area contributed by atoms with Crippen LogP contribution < -0.4 is 5.32 Å². The van der Waals surface area contributed by atoms with Gasteiger partial charge in [0, 0.05) is 18.8 Å². The van der Waals surface area contributed by atoms with Crippen LogP contribution in [0.2, 0.25) is 0 Å². The standard InChI is InChI=1S/C13H19NO3/c1-10(2)9-17-7-6-14-12-5-3-4-11(8-12)13(15)16/h3-5,8,10,14H,6-7,9H2,1-2H3,(H,15,16). The van der Waals surface area contributed by atoms with Gasteiger partial charge in [-0.05, 0) is 24.1 Å². The van der Waals surface area contributed by atoms with Crippen molar-refractivity contribution in [2.75, 3.05) is 25.1 Å². The van der Waals surface area contributed by atoms with Crippen LogP contribution in [0, 0.1) is 5.92 Å². The summed E-state index contributed by atoms with van der Waals surface area (Å²) in [5.41, 5.74) is 1.09. The molecule has 2 N–H and O–H groups in total. The van der Waals surface area contributed by atoms with Crippen molar-refractivity contribution < 1.29 is 14.6 Å². The van der Waals surface area contributed by atoms with Crippen LogP contribution in [0.25, 0.3) is 0 Å². The van der Waals surface area contributed by atoms with E-state index >= 15 is 0 Å². The van der Waals surface area contributed by atoms with Gasteiger partial charge >= 0.3 is 5.97 Å². The first-order valence-corrected chi connectivity index (χ1v) is 5.74. The highest BCUT2D eigenvalue weighted by Crippen LogP contribution is 2.10. The Labute approximate surface area is 102 Å². The number of benzene rings is 1. The van der Waals surface area contributed by atoms with E-state index < -0.39 is 5.97 Å². The SMILES string of the molecule is CC(C)COCCNc1cccc(C(=O)O)c1. The molecular formula is C13H19NO3. The number of aromatic carboxylic acids is 1. The number of carboxylic acid groups (broad SMARTS) is 1. The summed E-state index contributed by atoms with van der Waals surface area (Å²) in [5, 5.41) is 12.0. The molecule has 94 valence electrons. The van der Waals surface area contributed by atoms with Gasteiger partial charge in [0.1, 0.15) is 0 Å². The summed E-state index contributed by atoms with van der Waals surface area (Å²) in [6.45, 7) is 6.25. The maximum absolute atomic E-state index is 10.8. The Morgan fingerprint density at radius 1 is 1.47 bits per heavy atom. The van der Waals surface area contributed by atoms with Gasteiger partial charge in [0.2, 0.25) is 0 Å². The third kappa shape index (κ3) is 5.36. The van der Waals surface area contributed by atoms with Gasteiger partial charge in [0.15, 0.2) is 0 Å². The van der Waals surface area contributed by atoms with E-state index in [1.54, 1.807) is 18.2 Å². The Morgan fingerprint density at radius 2 is 2.24 bits per heavy atom. The van der Waals surface area contributed by atoms with Crippen LogP contribution in [0.15, 0.2) is 24.3 Å². The van der Waals surface area contributed by atoms with Crippen molar-refractivity contribution >= 4 is 11.7 Å². The number of hydrogen-bond acceptors (Lipinski definition) is 3. The van der Waals surface area contributed by atoms with Crippen LogP contribution in [0.5, 0.6) is 0 Å². The lowest BCUT2D eigenvalue weighted by Gasteiger charge is -2.09. The fourth-order valence-electron chi connectivity index (χ4n) is 1.35. The van der Waals surface area contributed by atoms with E-state index in [1.807, 2.05) is 6.07 Å². The molecule has 0 saturated heterocycles. The number of hydrogen-bond donors (Lipinski definition) is 2. The lowest BCUT2D eigenvalue weighted by molar-refractivity contribution is 0.0697. The summed E-state index contributed by atoms with van der Waals surface area (Å²) in [6.07, 6.45) is 0. The molecule has 0 atom stereocenters. The van der Waals surface area contributed by atoms with Crippen molar-refractivity contribution in [3.05, 3.63) is 29.8 Å². The number of rotatable bonds is 7. The second-order valence-electron chi connectivity index (χ2n) is 4.28. The fourth-order valence-corrected chi connectivity index (χ4v) is 1.35. The Hall–Kier alpha value is -1.55. The van der Waals surface area contributed by atoms with E-state index in [0.29, 0.717) is 19.1 Å². The monoisotopic (exact) mass is 237 g/mol. The Bertz CT molecular complexity index is 363. The second kappa shape index (κ2) is 6.91. The Morgan fingerprint density at radius 3 is 2.88 bits per heavy atom. The molecular weight excluding hydrogens is 218 g/mol. The van der Waals surface area contributed by atoms with Gasteiger partial charge in [0.25, 0.3) is 0 Å². The van der Waals surface area contributed by atoms with Gasteiger partial charge in [-0.1, -0.05) is 19.9 Å². The number of carbonyl (C=O) groups is 1. The molecule has 0 radical (unpaired) electrons. The van der Waals surface area contributed by atoms with Gasteiger partial charge in [-0.2, -0.15) is 0 Å². The Kier molecular flexibility index (Phi) is 5.49. The number of ether oxygens (including phenoxy) is 1. The predicted molar refractivity (Wildman–Crippen MR) is 67.5 cm³/mol. The molecule has 0 aromatic heterocycles. The molecule has 0 heterocycles. The van der Waals surface area contributed by atoms with E-state index in [2.05, 4.69) is 19.2 Å². The third-order valence-electron chi connectivity index (χ3n) is 2.14. The van der Waals surface area contributed by atoms with Crippen molar-refractivity contribution in [1.29, 1.82) is 0 Å². The topological polar surface area (TPSA) is 58.6 Å². The minimum Gasteiger partial charge on any atom is -0.478 e. The minimum absolute atomic E-state index is 0.290. The average molecular weight is 237 g/mol. The van der Waals surface area contributed by atoms with Gasteiger partial charge in [0.05, 0.1) is 12.2 Å². The van der Waals surface area contributed by atoms with Crippen LogP contribution in [-0.2, 0) is 4.74 Å². The highest BCUT2D eigenvalue weighted by molar-refractivity contribution is 5.88. The van der Waals surface area contributed by atoms with Gasteiger partial charge < -0.3 is 15.2 Å². The molecule has 17 heavy (non-hydrogen) atoms. The van der Waals surface area contributed by atoms with Gasteiger partial charge in [-0.3, -0.25) is 0 Å². The maximum atomic E-state index is 10.8. The van der Waals surface area contributed by atoms with Crippen LogP contribution in [0.1, 0.15) is 24.2 Å². The minimum atomic E-state index is -0.912. The summed E-state index contributed by atoms with van der Waals surface area (Å²) in [4.78, 5) is 10.8. The van der Waals surface area contributed by atoms with Crippen LogP contribution in [-0.4, -0.2) is 30.8 Å². The second-order valence-corrected chi connectivity index (χ2v) is 4.28. The molecule has 0 bridgehead atoms. The highest BCUT2D eigenvalue weighted by Gasteiger charge is 2.02.